The summed E-state index contributed by atoms with van der Waals surface area (Å²) in [6, 6.07) is 2.22. The first kappa shape index (κ1) is 10.3. The molecule has 4 nitrogen and oxygen atoms in total. The molecule has 74 valence electrons. The lowest BCUT2D eigenvalue weighted by molar-refractivity contribution is -0.141. The van der Waals surface area contributed by atoms with Gasteiger partial charge in [0.05, 0.1) is 6.54 Å². The van der Waals surface area contributed by atoms with Crippen molar-refractivity contribution in [2.75, 3.05) is 0 Å². The van der Waals surface area contributed by atoms with Gasteiger partial charge in [-0.05, 0) is 23.2 Å². The first-order valence-corrected chi connectivity index (χ1v) is 3.57. The predicted molar refractivity (Wildman–Crippen MR) is 42.1 cm³/mol. The van der Waals surface area contributed by atoms with Crippen molar-refractivity contribution in [1.29, 1.82) is 0 Å². The van der Waals surface area contributed by atoms with Crippen molar-refractivity contribution in [3.05, 3.63) is 40.0 Å². The van der Waals surface area contributed by atoms with Crippen molar-refractivity contribution in [2.24, 2.45) is 5.11 Å². The zero-order valence-corrected chi connectivity index (χ0v) is 6.86. The summed E-state index contributed by atoms with van der Waals surface area (Å²) in [5, 5.41) is 3.15. The molecule has 1 rings (SSSR count). The second-order valence-corrected chi connectivity index (χ2v) is 2.44. The molecule has 0 aliphatic rings. The lowest BCUT2D eigenvalue weighted by Gasteiger charge is -2.05. The van der Waals surface area contributed by atoms with E-state index in [1.54, 1.807) is 0 Å². The van der Waals surface area contributed by atoms with Gasteiger partial charge >= 0.3 is 6.18 Å². The number of azide groups is 1. The summed E-state index contributed by atoms with van der Waals surface area (Å²) >= 11 is 0. The summed E-state index contributed by atoms with van der Waals surface area (Å²) < 4.78 is 36.4. The number of halogens is 3. The third-order valence-electron chi connectivity index (χ3n) is 1.43. The Labute approximate surface area is 77.0 Å². The van der Waals surface area contributed by atoms with Crippen LogP contribution in [0.25, 0.3) is 10.4 Å². The van der Waals surface area contributed by atoms with E-state index in [2.05, 4.69) is 15.0 Å². The van der Waals surface area contributed by atoms with Crippen LogP contribution in [-0.4, -0.2) is 4.98 Å². The standard InChI is InChI=1S/C7H5F3N4/c8-7(9,10)6-3-5(1-2-12-6)4-13-14-11/h1-3H,4H2. The maximum absolute atomic E-state index is 12.1. The van der Waals surface area contributed by atoms with Gasteiger partial charge in [-0.2, -0.15) is 13.2 Å². The molecule has 1 heterocycles. The summed E-state index contributed by atoms with van der Waals surface area (Å²) in [5.41, 5.74) is 7.28. The maximum Gasteiger partial charge on any atom is 0.433 e. The number of nitrogens with zero attached hydrogens (tertiary/aromatic N) is 4. The molecule has 0 unspecified atom stereocenters. The molecule has 0 radical (unpaired) electrons. The van der Waals surface area contributed by atoms with Crippen molar-refractivity contribution >= 4 is 0 Å². The average molecular weight is 202 g/mol. The molecular formula is C7H5F3N4. The van der Waals surface area contributed by atoms with Crippen LogP contribution in [0, 0.1) is 0 Å². The van der Waals surface area contributed by atoms with Gasteiger partial charge < -0.3 is 0 Å². The van der Waals surface area contributed by atoms with Gasteiger partial charge in [0.2, 0.25) is 0 Å². The smallest absolute Gasteiger partial charge is 0.252 e. The molecule has 0 saturated carbocycles. The van der Waals surface area contributed by atoms with Crippen LogP contribution in [-0.2, 0) is 12.7 Å². The van der Waals surface area contributed by atoms with Crippen molar-refractivity contribution in [2.45, 2.75) is 12.7 Å². The van der Waals surface area contributed by atoms with E-state index in [9.17, 15) is 13.2 Å². The van der Waals surface area contributed by atoms with E-state index in [0.717, 1.165) is 12.3 Å². The fraction of sp³-hybridized carbons (Fsp3) is 0.286. The van der Waals surface area contributed by atoms with Gasteiger partial charge in [-0.1, -0.05) is 5.11 Å². The molecule has 0 bridgehead atoms. The molecule has 0 N–H and O–H groups in total. The van der Waals surface area contributed by atoms with Gasteiger partial charge in [0, 0.05) is 11.1 Å². The van der Waals surface area contributed by atoms with Crippen LogP contribution in [0.15, 0.2) is 23.4 Å². The average Bonchev–Trinajstić information content (AvgIpc) is 2.14. The molecule has 0 aliphatic carbocycles. The number of rotatable bonds is 2. The lowest BCUT2D eigenvalue weighted by atomic mass is 10.2. The molecule has 0 spiro atoms. The zero-order valence-electron chi connectivity index (χ0n) is 6.86. The molecular weight excluding hydrogens is 197 g/mol. The van der Waals surface area contributed by atoms with Gasteiger partial charge in [-0.25, -0.2) is 0 Å². The zero-order chi connectivity index (χ0) is 10.6. The fourth-order valence-corrected chi connectivity index (χ4v) is 0.841. The van der Waals surface area contributed by atoms with E-state index in [0.29, 0.717) is 0 Å². The second kappa shape index (κ2) is 3.97. The van der Waals surface area contributed by atoms with Gasteiger partial charge in [0.1, 0.15) is 5.69 Å². The third-order valence-corrected chi connectivity index (χ3v) is 1.43. The van der Waals surface area contributed by atoms with E-state index in [4.69, 9.17) is 5.53 Å². The summed E-state index contributed by atoms with van der Waals surface area (Å²) in [7, 11) is 0. The molecule has 1 aromatic rings. The van der Waals surface area contributed by atoms with E-state index < -0.39 is 11.9 Å². The summed E-state index contributed by atoms with van der Waals surface area (Å²) in [6.07, 6.45) is -3.43. The van der Waals surface area contributed by atoms with Gasteiger partial charge in [0.15, 0.2) is 0 Å². The molecule has 0 atom stereocenters. The normalized spacial score (nSPS) is 10.8. The number of hydrogen-bond acceptors (Lipinski definition) is 2. The Morgan fingerprint density at radius 3 is 2.79 bits per heavy atom. The van der Waals surface area contributed by atoms with E-state index in [-0.39, 0.29) is 12.1 Å². The van der Waals surface area contributed by atoms with Crippen LogP contribution in [0.2, 0.25) is 0 Å². The lowest BCUT2D eigenvalue weighted by Crippen LogP contribution is -2.07. The first-order chi connectivity index (χ1) is 6.54. The highest BCUT2D eigenvalue weighted by Crippen LogP contribution is 2.27. The molecule has 0 amide bonds. The minimum atomic E-state index is -4.47. The molecule has 7 heteroatoms. The Morgan fingerprint density at radius 2 is 2.21 bits per heavy atom. The number of aromatic nitrogens is 1. The van der Waals surface area contributed by atoms with Crippen LogP contribution in [0.5, 0.6) is 0 Å². The quantitative estimate of drug-likeness (QED) is 0.413. The van der Waals surface area contributed by atoms with Crippen LogP contribution >= 0.6 is 0 Å². The molecule has 1 aromatic heterocycles. The number of hydrogen-bond donors (Lipinski definition) is 0. The van der Waals surface area contributed by atoms with Crippen LogP contribution < -0.4 is 0 Å². The Bertz CT molecular complexity index is 367. The number of alkyl halides is 3. The van der Waals surface area contributed by atoms with E-state index in [1.807, 2.05) is 0 Å². The summed E-state index contributed by atoms with van der Waals surface area (Å²) in [4.78, 5) is 5.61. The molecule has 0 aliphatic heterocycles. The Morgan fingerprint density at radius 1 is 1.50 bits per heavy atom. The van der Waals surface area contributed by atoms with Crippen molar-refractivity contribution in [3.8, 4) is 0 Å². The van der Waals surface area contributed by atoms with Gasteiger partial charge in [-0.15, -0.1) is 0 Å². The van der Waals surface area contributed by atoms with E-state index >= 15 is 0 Å². The summed E-state index contributed by atoms with van der Waals surface area (Å²) in [6.45, 7) is -0.109. The van der Waals surface area contributed by atoms with Crippen molar-refractivity contribution in [3.63, 3.8) is 0 Å². The minimum Gasteiger partial charge on any atom is -0.252 e. The Kier molecular flexibility index (Phi) is 2.93. The maximum atomic E-state index is 12.1. The topological polar surface area (TPSA) is 61.7 Å². The fourth-order valence-electron chi connectivity index (χ4n) is 0.841. The highest BCUT2D eigenvalue weighted by Gasteiger charge is 2.32. The van der Waals surface area contributed by atoms with Gasteiger partial charge in [0.25, 0.3) is 0 Å². The van der Waals surface area contributed by atoms with Crippen molar-refractivity contribution in [1.82, 2.24) is 4.98 Å². The minimum absolute atomic E-state index is 0.109. The second-order valence-electron chi connectivity index (χ2n) is 2.44. The number of pyridine rings is 1. The molecule has 0 fully saturated rings. The molecule has 0 saturated heterocycles. The largest absolute Gasteiger partial charge is 0.433 e. The third kappa shape index (κ3) is 2.63. The summed E-state index contributed by atoms with van der Waals surface area (Å²) in [5.74, 6) is 0. The van der Waals surface area contributed by atoms with Crippen molar-refractivity contribution < 1.29 is 13.2 Å². The highest BCUT2D eigenvalue weighted by molar-refractivity contribution is 5.18. The molecule has 0 aromatic carbocycles. The Hall–Kier alpha value is -1.75. The molecule has 14 heavy (non-hydrogen) atoms. The van der Waals surface area contributed by atoms with E-state index in [1.165, 1.54) is 6.07 Å². The SMILES string of the molecule is [N-]=[N+]=NCc1ccnc(C(F)(F)F)c1. The van der Waals surface area contributed by atoms with Gasteiger partial charge in [-0.3, -0.25) is 4.98 Å². The Balaban J connectivity index is 2.95. The first-order valence-electron chi connectivity index (χ1n) is 3.57. The van der Waals surface area contributed by atoms with Crippen LogP contribution in [0.4, 0.5) is 13.2 Å². The van der Waals surface area contributed by atoms with Crippen LogP contribution in [0.1, 0.15) is 11.3 Å². The predicted octanol–water partition coefficient (Wildman–Crippen LogP) is 2.91. The van der Waals surface area contributed by atoms with Crippen LogP contribution in [0.3, 0.4) is 0 Å². The highest BCUT2D eigenvalue weighted by atomic mass is 19.4. The monoisotopic (exact) mass is 202 g/mol.